The molecule has 3 rings (SSSR count). The third-order valence-corrected chi connectivity index (χ3v) is 4.82. The lowest BCUT2D eigenvalue weighted by molar-refractivity contribution is -0.00661. The highest BCUT2D eigenvalue weighted by Crippen LogP contribution is 2.30. The van der Waals surface area contributed by atoms with Crippen LogP contribution in [-0.4, -0.2) is 54.9 Å². The smallest absolute Gasteiger partial charge is 0.258 e. The van der Waals surface area contributed by atoms with Crippen LogP contribution in [0.5, 0.6) is 11.5 Å². The first-order valence-corrected chi connectivity index (χ1v) is 9.13. The van der Waals surface area contributed by atoms with Gasteiger partial charge in [-0.3, -0.25) is 9.69 Å². The van der Waals surface area contributed by atoms with Crippen molar-refractivity contribution in [1.82, 2.24) is 14.9 Å². The zero-order valence-corrected chi connectivity index (χ0v) is 15.7. The molecule has 1 aliphatic rings. The van der Waals surface area contributed by atoms with Gasteiger partial charge < -0.3 is 19.2 Å². The topological polar surface area (TPSA) is 76.7 Å². The molecule has 0 spiro atoms. The fourth-order valence-electron chi connectivity index (χ4n) is 3.35. The summed E-state index contributed by atoms with van der Waals surface area (Å²) in [5.41, 5.74) is 0.433. The van der Waals surface area contributed by atoms with Crippen LogP contribution in [0.1, 0.15) is 32.0 Å². The number of methoxy groups -OCH3 is 2. The monoisotopic (exact) mass is 361 g/mol. The van der Waals surface area contributed by atoms with Gasteiger partial charge in [0.15, 0.2) is 11.5 Å². The number of likely N-dealkylation sites (N-methyl/N-ethyl adjacent to an activating group) is 1. The van der Waals surface area contributed by atoms with Gasteiger partial charge in [0.2, 0.25) is 0 Å². The molecule has 2 aromatic rings. The van der Waals surface area contributed by atoms with Crippen molar-refractivity contribution in [3.63, 3.8) is 0 Å². The molecule has 7 nitrogen and oxygen atoms in total. The van der Waals surface area contributed by atoms with Gasteiger partial charge in [0, 0.05) is 19.2 Å². The Balaban J connectivity index is 1.83. The molecular weight excluding hydrogens is 334 g/mol. The molecule has 142 valence electrons. The highest BCUT2D eigenvalue weighted by atomic mass is 16.5. The van der Waals surface area contributed by atoms with Gasteiger partial charge in [0.1, 0.15) is 5.82 Å². The van der Waals surface area contributed by atoms with E-state index >= 15 is 0 Å². The molecule has 1 aromatic carbocycles. The molecule has 1 aliphatic heterocycles. The zero-order valence-electron chi connectivity index (χ0n) is 15.7. The third-order valence-electron chi connectivity index (χ3n) is 4.82. The number of nitrogens with one attached hydrogen (secondary N) is 1. The number of rotatable bonds is 7. The Hall–Kier alpha value is -2.12. The summed E-state index contributed by atoms with van der Waals surface area (Å²) in [4.78, 5) is 22.3. The number of fused-ring (bicyclic) bond motifs is 1. The quantitative estimate of drug-likeness (QED) is 0.816. The van der Waals surface area contributed by atoms with E-state index in [9.17, 15) is 4.79 Å². The zero-order chi connectivity index (χ0) is 18.5. The number of nitrogens with zero attached hydrogens (tertiary/aromatic N) is 2. The maximum atomic E-state index is 12.5. The van der Waals surface area contributed by atoms with E-state index in [2.05, 4.69) is 21.8 Å². The van der Waals surface area contributed by atoms with E-state index in [1.165, 1.54) is 6.42 Å². The number of H-pyrrole nitrogens is 1. The lowest BCUT2D eigenvalue weighted by Crippen LogP contribution is -2.36. The number of aromatic amines is 1. The van der Waals surface area contributed by atoms with Crippen molar-refractivity contribution in [1.29, 1.82) is 0 Å². The van der Waals surface area contributed by atoms with E-state index in [0.717, 1.165) is 32.5 Å². The molecule has 26 heavy (non-hydrogen) atoms. The summed E-state index contributed by atoms with van der Waals surface area (Å²) in [6, 6.07) is 3.41. The van der Waals surface area contributed by atoms with E-state index in [4.69, 9.17) is 14.2 Å². The van der Waals surface area contributed by atoms with Crippen LogP contribution in [0.15, 0.2) is 16.9 Å². The molecule has 0 bridgehead atoms. The van der Waals surface area contributed by atoms with Crippen molar-refractivity contribution in [3.8, 4) is 11.5 Å². The molecule has 7 heteroatoms. The Kier molecular flexibility index (Phi) is 6.11. The summed E-state index contributed by atoms with van der Waals surface area (Å²) in [5, 5.41) is 0.491. The summed E-state index contributed by atoms with van der Waals surface area (Å²) in [6.07, 6.45) is 3.72. The molecule has 1 aromatic heterocycles. The number of ether oxygens (including phenoxy) is 3. The summed E-state index contributed by atoms with van der Waals surface area (Å²) >= 11 is 0. The standard InChI is InChI=1S/C19H27N3O4/c1-4-22(11-13-7-5-6-8-26-13)12-18-20-15-10-17(25-3)16(24-2)9-14(15)19(23)21-18/h9-10,13H,4-8,11-12H2,1-3H3,(H,20,21,23)/t13-/m0/s1. The first-order chi connectivity index (χ1) is 12.6. The predicted octanol–water partition coefficient (Wildman–Crippen LogP) is 2.33. The van der Waals surface area contributed by atoms with Crippen molar-refractivity contribution in [3.05, 3.63) is 28.3 Å². The molecule has 1 saturated heterocycles. The van der Waals surface area contributed by atoms with Crippen molar-refractivity contribution < 1.29 is 14.2 Å². The van der Waals surface area contributed by atoms with Gasteiger partial charge in [-0.1, -0.05) is 6.92 Å². The first-order valence-electron chi connectivity index (χ1n) is 9.13. The summed E-state index contributed by atoms with van der Waals surface area (Å²) in [6.45, 7) is 5.25. The average molecular weight is 361 g/mol. The molecule has 0 amide bonds. The van der Waals surface area contributed by atoms with Gasteiger partial charge in [-0.25, -0.2) is 4.98 Å². The molecule has 1 atom stereocenters. The molecule has 0 saturated carbocycles. The SMILES string of the molecule is CCN(Cc1nc2cc(OC)c(OC)cc2c(=O)[nH]1)C[C@@H]1CCCCO1. The van der Waals surface area contributed by atoms with E-state index < -0.39 is 0 Å². The number of benzene rings is 1. The van der Waals surface area contributed by atoms with Crippen LogP contribution in [0, 0.1) is 0 Å². The highest BCUT2D eigenvalue weighted by molar-refractivity contribution is 5.81. The third kappa shape index (κ3) is 4.16. The molecule has 0 radical (unpaired) electrons. The maximum absolute atomic E-state index is 12.5. The fraction of sp³-hybridized carbons (Fsp3) is 0.579. The van der Waals surface area contributed by atoms with E-state index in [1.54, 1.807) is 26.4 Å². The Morgan fingerprint density at radius 2 is 2.04 bits per heavy atom. The molecular formula is C19H27N3O4. The lowest BCUT2D eigenvalue weighted by atomic mass is 10.1. The van der Waals surface area contributed by atoms with Gasteiger partial charge >= 0.3 is 0 Å². The molecule has 1 N–H and O–H groups in total. The largest absolute Gasteiger partial charge is 0.493 e. The molecule has 0 unspecified atom stereocenters. The minimum absolute atomic E-state index is 0.170. The van der Waals surface area contributed by atoms with Gasteiger partial charge in [0.05, 0.1) is 37.8 Å². The fourth-order valence-corrected chi connectivity index (χ4v) is 3.35. The van der Waals surface area contributed by atoms with Gasteiger partial charge in [-0.15, -0.1) is 0 Å². The second-order valence-electron chi connectivity index (χ2n) is 6.55. The second-order valence-corrected chi connectivity index (χ2v) is 6.55. The molecule has 2 heterocycles. The van der Waals surface area contributed by atoms with Crippen LogP contribution in [0.3, 0.4) is 0 Å². The maximum Gasteiger partial charge on any atom is 0.258 e. The molecule has 1 fully saturated rings. The van der Waals surface area contributed by atoms with E-state index in [1.807, 2.05) is 0 Å². The van der Waals surface area contributed by atoms with E-state index in [0.29, 0.717) is 34.8 Å². The average Bonchev–Trinajstić information content (AvgIpc) is 2.67. The highest BCUT2D eigenvalue weighted by Gasteiger charge is 2.18. The predicted molar refractivity (Wildman–Crippen MR) is 100 cm³/mol. The summed E-state index contributed by atoms with van der Waals surface area (Å²) in [5.74, 6) is 1.73. The summed E-state index contributed by atoms with van der Waals surface area (Å²) < 4.78 is 16.4. The normalized spacial score (nSPS) is 17.6. The Bertz CT molecular complexity index is 799. The van der Waals surface area contributed by atoms with Crippen LogP contribution in [0.2, 0.25) is 0 Å². The number of hydrogen-bond acceptors (Lipinski definition) is 6. The van der Waals surface area contributed by atoms with Crippen LogP contribution < -0.4 is 15.0 Å². The summed E-state index contributed by atoms with van der Waals surface area (Å²) in [7, 11) is 3.12. The van der Waals surface area contributed by atoms with Crippen molar-refractivity contribution >= 4 is 10.9 Å². The number of hydrogen-bond donors (Lipinski definition) is 1. The van der Waals surface area contributed by atoms with Crippen molar-refractivity contribution in [2.45, 2.75) is 38.8 Å². The van der Waals surface area contributed by atoms with E-state index in [-0.39, 0.29) is 11.7 Å². The minimum Gasteiger partial charge on any atom is -0.493 e. The molecule has 0 aliphatic carbocycles. The number of aromatic nitrogens is 2. The van der Waals surface area contributed by atoms with Gasteiger partial charge in [0.25, 0.3) is 5.56 Å². The Morgan fingerprint density at radius 3 is 2.69 bits per heavy atom. The van der Waals surface area contributed by atoms with Crippen LogP contribution >= 0.6 is 0 Å². The minimum atomic E-state index is -0.170. The lowest BCUT2D eigenvalue weighted by Gasteiger charge is -2.28. The Labute approximate surface area is 153 Å². The van der Waals surface area contributed by atoms with Gasteiger partial charge in [-0.2, -0.15) is 0 Å². The second kappa shape index (κ2) is 8.51. The Morgan fingerprint density at radius 1 is 1.27 bits per heavy atom. The van der Waals surface area contributed by atoms with Crippen LogP contribution in [0.25, 0.3) is 10.9 Å². The van der Waals surface area contributed by atoms with Crippen LogP contribution in [-0.2, 0) is 11.3 Å². The van der Waals surface area contributed by atoms with Crippen molar-refractivity contribution in [2.75, 3.05) is 33.9 Å². The van der Waals surface area contributed by atoms with Crippen LogP contribution in [0.4, 0.5) is 0 Å². The van der Waals surface area contributed by atoms with Gasteiger partial charge in [-0.05, 0) is 31.9 Å². The van der Waals surface area contributed by atoms with Crippen molar-refractivity contribution in [2.24, 2.45) is 0 Å². The first kappa shape index (κ1) is 18.7.